The third kappa shape index (κ3) is 3.28. The molecule has 0 radical (unpaired) electrons. The number of hydrogen-bond acceptors (Lipinski definition) is 4. The molecule has 130 valence electrons. The zero-order chi connectivity index (χ0) is 18.2. The first-order chi connectivity index (χ1) is 11.8. The number of nitrogens with one attached hydrogen (secondary N) is 1. The largest absolute Gasteiger partial charge is 0.398 e. The predicted octanol–water partition coefficient (Wildman–Crippen LogP) is 2.55. The smallest absolute Gasteiger partial charge is 0.196 e. The first-order valence-corrected chi connectivity index (χ1v) is 8.45. The van der Waals surface area contributed by atoms with Gasteiger partial charge in [0, 0.05) is 35.5 Å². The summed E-state index contributed by atoms with van der Waals surface area (Å²) in [7, 11) is 6.43. The zero-order valence-electron chi connectivity index (χ0n) is 14.9. The molecule has 0 atom stereocenters. The monoisotopic (exact) mass is 338 g/mol. The maximum Gasteiger partial charge on any atom is 0.196 e. The van der Waals surface area contributed by atoms with E-state index < -0.39 is 0 Å². The average molecular weight is 338 g/mol. The topological polar surface area (TPSA) is 72.2 Å². The normalized spacial score (nSPS) is 13.4. The van der Waals surface area contributed by atoms with Gasteiger partial charge in [0.05, 0.1) is 38.8 Å². The lowest BCUT2D eigenvalue weighted by Crippen LogP contribution is -2.36. The van der Waals surface area contributed by atoms with Crippen molar-refractivity contribution in [3.8, 4) is 0 Å². The summed E-state index contributed by atoms with van der Waals surface area (Å²) in [4.78, 5) is 25.8. The van der Waals surface area contributed by atoms with Gasteiger partial charge in [-0.2, -0.15) is 0 Å². The van der Waals surface area contributed by atoms with Crippen molar-refractivity contribution >= 4 is 22.9 Å². The number of quaternary nitrogens is 1. The number of hydrogen-bond donors (Lipinski definition) is 2. The van der Waals surface area contributed by atoms with Gasteiger partial charge in [0.2, 0.25) is 0 Å². The number of carbonyl (C=O) groups is 2. The Balaban J connectivity index is 1.94. The molecular weight excluding hydrogens is 314 g/mol. The van der Waals surface area contributed by atoms with Crippen molar-refractivity contribution in [3.05, 3.63) is 58.7 Å². The second-order valence-electron chi connectivity index (χ2n) is 7.45. The summed E-state index contributed by atoms with van der Waals surface area (Å²) in [6.45, 7) is 1.74. The molecule has 3 N–H and O–H groups in total. The summed E-state index contributed by atoms with van der Waals surface area (Å²) in [5, 5.41) is 3.32. The molecule has 0 bridgehead atoms. The van der Waals surface area contributed by atoms with E-state index in [9.17, 15) is 9.59 Å². The Morgan fingerprint density at radius 1 is 0.920 bits per heavy atom. The lowest BCUT2D eigenvalue weighted by atomic mass is 9.82. The molecule has 1 aliphatic carbocycles. The van der Waals surface area contributed by atoms with E-state index in [0.29, 0.717) is 33.6 Å². The minimum Gasteiger partial charge on any atom is -0.398 e. The average Bonchev–Trinajstić information content (AvgIpc) is 2.56. The van der Waals surface area contributed by atoms with Crippen LogP contribution in [0, 0.1) is 0 Å². The van der Waals surface area contributed by atoms with Crippen LogP contribution in [0.25, 0.3) is 0 Å². The van der Waals surface area contributed by atoms with Crippen LogP contribution < -0.4 is 11.1 Å². The SMILES string of the molecule is C[N+](C)(C)CCCNc1ccc(N)c2c1C(=O)c1ccccc1C2=O. The fourth-order valence-corrected chi connectivity index (χ4v) is 3.17. The van der Waals surface area contributed by atoms with Gasteiger partial charge in [-0.3, -0.25) is 9.59 Å². The van der Waals surface area contributed by atoms with E-state index in [1.807, 2.05) is 0 Å². The zero-order valence-corrected chi connectivity index (χ0v) is 14.9. The summed E-state index contributed by atoms with van der Waals surface area (Å²) in [6.07, 6.45) is 0.960. The minimum atomic E-state index is -0.183. The highest BCUT2D eigenvalue weighted by Crippen LogP contribution is 2.35. The Morgan fingerprint density at radius 3 is 2.12 bits per heavy atom. The Hall–Kier alpha value is -2.66. The van der Waals surface area contributed by atoms with Crippen LogP contribution >= 0.6 is 0 Å². The first kappa shape index (κ1) is 17.2. The van der Waals surface area contributed by atoms with Gasteiger partial charge in [-0.15, -0.1) is 0 Å². The number of nitrogen functional groups attached to an aromatic ring is 1. The van der Waals surface area contributed by atoms with E-state index in [4.69, 9.17) is 5.73 Å². The van der Waals surface area contributed by atoms with Crippen molar-refractivity contribution < 1.29 is 14.1 Å². The number of benzene rings is 2. The highest BCUT2D eigenvalue weighted by molar-refractivity contribution is 6.31. The number of anilines is 2. The van der Waals surface area contributed by atoms with Crippen LogP contribution in [0.3, 0.4) is 0 Å². The van der Waals surface area contributed by atoms with Gasteiger partial charge in [0.25, 0.3) is 0 Å². The van der Waals surface area contributed by atoms with Crippen molar-refractivity contribution in [3.63, 3.8) is 0 Å². The molecule has 0 aliphatic heterocycles. The number of fused-ring (bicyclic) bond motifs is 2. The van der Waals surface area contributed by atoms with Crippen molar-refractivity contribution in [2.24, 2.45) is 0 Å². The van der Waals surface area contributed by atoms with Crippen LogP contribution in [0.4, 0.5) is 11.4 Å². The Kier molecular flexibility index (Phi) is 4.35. The molecule has 0 aromatic heterocycles. The molecule has 2 aromatic rings. The summed E-state index contributed by atoms with van der Waals surface area (Å²) in [5.41, 5.74) is 8.64. The standard InChI is InChI=1S/C20H23N3O2/c1-23(2,3)12-6-11-22-16-10-9-15(21)17-18(16)20(25)14-8-5-4-7-13(14)19(17)24/h4-5,7-10H,6,11-12H2,1-3H3,(H2-,21,22,24,25)/p+1. The van der Waals surface area contributed by atoms with Crippen LogP contribution in [0.2, 0.25) is 0 Å². The quantitative estimate of drug-likeness (QED) is 0.426. The summed E-state index contributed by atoms with van der Waals surface area (Å²) in [6, 6.07) is 10.4. The Bertz CT molecular complexity index is 851. The molecule has 0 unspecified atom stereocenters. The number of carbonyl (C=O) groups excluding carboxylic acids is 2. The molecule has 25 heavy (non-hydrogen) atoms. The second-order valence-corrected chi connectivity index (χ2v) is 7.45. The molecule has 0 heterocycles. The molecule has 0 fully saturated rings. The maximum atomic E-state index is 13.0. The van der Waals surface area contributed by atoms with Gasteiger partial charge in [-0.25, -0.2) is 0 Å². The minimum absolute atomic E-state index is 0.147. The number of nitrogens with zero attached hydrogens (tertiary/aromatic N) is 1. The van der Waals surface area contributed by atoms with E-state index in [0.717, 1.165) is 24.0 Å². The third-order valence-corrected chi connectivity index (χ3v) is 4.43. The molecule has 0 saturated heterocycles. The second kappa shape index (κ2) is 6.33. The highest BCUT2D eigenvalue weighted by Gasteiger charge is 2.33. The van der Waals surface area contributed by atoms with Crippen molar-refractivity contribution in [2.45, 2.75) is 6.42 Å². The van der Waals surface area contributed by atoms with Crippen LogP contribution in [0.1, 0.15) is 38.3 Å². The number of nitrogens with two attached hydrogens (primary N) is 1. The predicted molar refractivity (Wildman–Crippen MR) is 100 cm³/mol. The Morgan fingerprint density at radius 2 is 1.52 bits per heavy atom. The molecule has 1 aliphatic rings. The van der Waals surface area contributed by atoms with Crippen LogP contribution in [-0.2, 0) is 0 Å². The summed E-state index contributed by atoms with van der Waals surface area (Å²) in [5.74, 6) is -0.329. The van der Waals surface area contributed by atoms with E-state index in [-0.39, 0.29) is 11.6 Å². The van der Waals surface area contributed by atoms with Gasteiger partial charge in [0.15, 0.2) is 11.6 Å². The molecule has 3 rings (SSSR count). The van der Waals surface area contributed by atoms with Crippen LogP contribution in [0.15, 0.2) is 36.4 Å². The molecule has 0 amide bonds. The number of ketones is 2. The molecule has 0 saturated carbocycles. The van der Waals surface area contributed by atoms with Gasteiger partial charge >= 0.3 is 0 Å². The van der Waals surface area contributed by atoms with E-state index in [1.54, 1.807) is 36.4 Å². The summed E-state index contributed by atoms with van der Waals surface area (Å²) < 4.78 is 0.881. The van der Waals surface area contributed by atoms with Crippen LogP contribution in [-0.4, -0.2) is 50.3 Å². The molecule has 5 nitrogen and oxygen atoms in total. The molecular formula is C20H24N3O2+. The Labute approximate surface area is 148 Å². The van der Waals surface area contributed by atoms with Crippen molar-refractivity contribution in [1.82, 2.24) is 0 Å². The third-order valence-electron chi connectivity index (χ3n) is 4.43. The van der Waals surface area contributed by atoms with Gasteiger partial charge < -0.3 is 15.5 Å². The van der Waals surface area contributed by atoms with E-state index in [2.05, 4.69) is 26.5 Å². The van der Waals surface area contributed by atoms with Gasteiger partial charge in [-0.1, -0.05) is 24.3 Å². The van der Waals surface area contributed by atoms with Gasteiger partial charge in [-0.05, 0) is 12.1 Å². The van der Waals surface area contributed by atoms with E-state index in [1.165, 1.54) is 0 Å². The molecule has 2 aromatic carbocycles. The van der Waals surface area contributed by atoms with Crippen molar-refractivity contribution in [2.75, 3.05) is 45.3 Å². The fraction of sp³-hybridized carbons (Fsp3) is 0.300. The molecule has 5 heteroatoms. The lowest BCUT2D eigenvalue weighted by molar-refractivity contribution is -0.870. The lowest BCUT2D eigenvalue weighted by Gasteiger charge is -2.25. The fourth-order valence-electron chi connectivity index (χ4n) is 3.17. The summed E-state index contributed by atoms with van der Waals surface area (Å²) >= 11 is 0. The number of rotatable bonds is 5. The maximum absolute atomic E-state index is 13.0. The highest BCUT2D eigenvalue weighted by atomic mass is 16.1. The first-order valence-electron chi connectivity index (χ1n) is 8.45. The van der Waals surface area contributed by atoms with Crippen molar-refractivity contribution in [1.29, 1.82) is 0 Å². The van der Waals surface area contributed by atoms with E-state index >= 15 is 0 Å². The molecule has 0 spiro atoms. The van der Waals surface area contributed by atoms with Crippen LogP contribution in [0.5, 0.6) is 0 Å². The van der Waals surface area contributed by atoms with Gasteiger partial charge in [0.1, 0.15) is 0 Å².